The Morgan fingerprint density at radius 2 is 1.87 bits per heavy atom. The third-order valence-corrected chi connectivity index (χ3v) is 5.33. The number of halogens is 2. The van der Waals surface area contributed by atoms with Gasteiger partial charge >= 0.3 is 0 Å². The monoisotopic (exact) mass is 423 g/mol. The topological polar surface area (TPSA) is 89.1 Å². The molecule has 1 aliphatic rings. The Labute approximate surface area is 175 Å². The number of pyridine rings is 3. The summed E-state index contributed by atoms with van der Waals surface area (Å²) in [4.78, 5) is 20.4. The molecule has 4 aromatic rings. The summed E-state index contributed by atoms with van der Waals surface area (Å²) in [6.07, 6.45) is 6.95. The van der Waals surface area contributed by atoms with E-state index in [1.165, 1.54) is 45.7 Å². The lowest BCUT2D eigenvalue weighted by atomic mass is 10.2. The van der Waals surface area contributed by atoms with Crippen LogP contribution < -0.4 is 16.2 Å². The maximum absolute atomic E-state index is 14.6. The van der Waals surface area contributed by atoms with Gasteiger partial charge in [0.05, 0.1) is 11.9 Å². The quantitative estimate of drug-likeness (QED) is 0.513. The fourth-order valence-corrected chi connectivity index (χ4v) is 3.84. The minimum Gasteiger partial charge on any atom is -0.365 e. The Kier molecular flexibility index (Phi) is 4.81. The molecule has 0 aliphatic heterocycles. The summed E-state index contributed by atoms with van der Waals surface area (Å²) in [7, 11) is 0. The molecule has 1 saturated carbocycles. The molecular formula is C21H19F2N7O. The van der Waals surface area contributed by atoms with Gasteiger partial charge in [0.2, 0.25) is 5.95 Å². The van der Waals surface area contributed by atoms with Gasteiger partial charge in [-0.25, -0.2) is 18.3 Å². The first kappa shape index (κ1) is 19.2. The van der Waals surface area contributed by atoms with Crippen LogP contribution in [0.4, 0.5) is 20.5 Å². The third kappa shape index (κ3) is 3.96. The fraction of sp³-hybridized carbons (Fsp3) is 0.238. The largest absolute Gasteiger partial charge is 0.365 e. The van der Waals surface area contributed by atoms with Crippen LogP contribution in [0.25, 0.3) is 11.3 Å². The molecule has 1 aliphatic carbocycles. The van der Waals surface area contributed by atoms with Gasteiger partial charge in [-0.3, -0.25) is 9.36 Å². The van der Waals surface area contributed by atoms with Crippen LogP contribution in [0.2, 0.25) is 0 Å². The number of rotatable bonds is 5. The van der Waals surface area contributed by atoms with Crippen molar-refractivity contribution in [2.75, 3.05) is 10.6 Å². The second-order valence-corrected chi connectivity index (χ2v) is 7.51. The normalized spacial score (nSPS) is 18.4. The van der Waals surface area contributed by atoms with Crippen LogP contribution >= 0.6 is 0 Å². The number of nitrogens with zero attached hydrogens (tertiary/aromatic N) is 5. The van der Waals surface area contributed by atoms with E-state index in [1.807, 2.05) is 0 Å². The molecule has 0 radical (unpaired) electrons. The lowest BCUT2D eigenvalue weighted by Gasteiger charge is -2.15. The van der Waals surface area contributed by atoms with Crippen molar-refractivity contribution in [3.8, 4) is 5.69 Å². The molecule has 0 saturated heterocycles. The number of nitrogens with one attached hydrogen (secondary N) is 2. The van der Waals surface area contributed by atoms with Crippen molar-refractivity contribution in [1.82, 2.24) is 24.1 Å². The standard InChI is InChI=1S/C21H19F2N7O/c22-13-6-8-30-18(9-13)27-21(28-30)26-15-5-4-14(10-15)25-20-17(23)11-16(12-24-20)29-7-2-1-3-19(29)31/h1-3,6-9,11-12,14-15H,4-5,10H2,(H,24,25)(H,26,28)/t14-,15-/m0/s1. The number of aromatic nitrogens is 5. The predicted octanol–water partition coefficient (Wildman–Crippen LogP) is 3.00. The van der Waals surface area contributed by atoms with E-state index < -0.39 is 5.82 Å². The molecule has 0 unspecified atom stereocenters. The van der Waals surface area contributed by atoms with Crippen LogP contribution in [0.3, 0.4) is 0 Å². The molecule has 0 bridgehead atoms. The average molecular weight is 423 g/mol. The maximum atomic E-state index is 14.6. The molecule has 4 heterocycles. The zero-order valence-corrected chi connectivity index (χ0v) is 16.4. The van der Waals surface area contributed by atoms with E-state index in [4.69, 9.17) is 0 Å². The van der Waals surface area contributed by atoms with Crippen LogP contribution in [-0.4, -0.2) is 36.2 Å². The fourth-order valence-electron chi connectivity index (χ4n) is 3.84. The number of hydrogen-bond acceptors (Lipinski definition) is 6. The molecule has 0 aromatic carbocycles. The molecule has 31 heavy (non-hydrogen) atoms. The van der Waals surface area contributed by atoms with Crippen molar-refractivity contribution in [2.45, 2.75) is 31.3 Å². The lowest BCUT2D eigenvalue weighted by molar-refractivity contribution is 0.615. The number of hydrogen-bond donors (Lipinski definition) is 2. The summed E-state index contributed by atoms with van der Waals surface area (Å²) in [5.41, 5.74) is 0.547. The van der Waals surface area contributed by atoms with Gasteiger partial charge in [0.1, 0.15) is 5.82 Å². The van der Waals surface area contributed by atoms with E-state index in [0.717, 1.165) is 19.3 Å². The van der Waals surface area contributed by atoms with Gasteiger partial charge in [-0.15, -0.1) is 5.10 Å². The highest BCUT2D eigenvalue weighted by atomic mass is 19.1. The average Bonchev–Trinajstić information content (AvgIpc) is 3.36. The van der Waals surface area contributed by atoms with Crippen molar-refractivity contribution in [3.63, 3.8) is 0 Å². The lowest BCUT2D eigenvalue weighted by Crippen LogP contribution is -2.22. The Hall–Kier alpha value is -3.82. The molecule has 2 atom stereocenters. The molecule has 5 rings (SSSR count). The SMILES string of the molecule is O=c1ccccn1-c1cnc(N[C@H]2CC[C@H](Nc3nc4cc(F)ccn4n3)C2)c(F)c1. The summed E-state index contributed by atoms with van der Waals surface area (Å²) in [6.45, 7) is 0. The highest BCUT2D eigenvalue weighted by Crippen LogP contribution is 2.26. The van der Waals surface area contributed by atoms with Crippen LogP contribution in [-0.2, 0) is 0 Å². The Balaban J connectivity index is 1.24. The second kappa shape index (κ2) is 7.78. The smallest absolute Gasteiger partial charge is 0.255 e. The molecule has 10 heteroatoms. The summed E-state index contributed by atoms with van der Waals surface area (Å²) in [5, 5.41) is 10.7. The van der Waals surface area contributed by atoms with Gasteiger partial charge in [0, 0.05) is 42.7 Å². The van der Waals surface area contributed by atoms with Gasteiger partial charge in [0.15, 0.2) is 17.3 Å². The minimum atomic E-state index is -0.520. The first-order chi connectivity index (χ1) is 15.0. The molecule has 0 amide bonds. The van der Waals surface area contributed by atoms with E-state index in [9.17, 15) is 13.6 Å². The third-order valence-electron chi connectivity index (χ3n) is 5.33. The van der Waals surface area contributed by atoms with Gasteiger partial charge in [-0.1, -0.05) is 6.07 Å². The van der Waals surface area contributed by atoms with Crippen LogP contribution in [0.1, 0.15) is 19.3 Å². The molecule has 1 fully saturated rings. The summed E-state index contributed by atoms with van der Waals surface area (Å²) in [5.74, 6) is -0.305. The van der Waals surface area contributed by atoms with E-state index in [2.05, 4.69) is 25.7 Å². The van der Waals surface area contributed by atoms with E-state index in [0.29, 0.717) is 17.3 Å². The molecular weight excluding hydrogens is 404 g/mol. The first-order valence-corrected chi connectivity index (χ1v) is 9.94. The number of fused-ring (bicyclic) bond motifs is 1. The Bertz CT molecular complexity index is 1300. The highest BCUT2D eigenvalue weighted by molar-refractivity contribution is 5.45. The predicted molar refractivity (Wildman–Crippen MR) is 111 cm³/mol. The summed E-state index contributed by atoms with van der Waals surface area (Å²) >= 11 is 0. The molecule has 0 spiro atoms. The van der Waals surface area contributed by atoms with Crippen molar-refractivity contribution in [2.24, 2.45) is 0 Å². The van der Waals surface area contributed by atoms with E-state index in [-0.39, 0.29) is 29.3 Å². The second-order valence-electron chi connectivity index (χ2n) is 7.51. The van der Waals surface area contributed by atoms with Crippen molar-refractivity contribution < 1.29 is 8.78 Å². The van der Waals surface area contributed by atoms with Gasteiger partial charge in [-0.05, 0) is 31.4 Å². The number of anilines is 2. The Morgan fingerprint density at radius 1 is 1.03 bits per heavy atom. The van der Waals surface area contributed by atoms with Crippen molar-refractivity contribution in [3.05, 3.63) is 77.0 Å². The first-order valence-electron chi connectivity index (χ1n) is 9.94. The van der Waals surface area contributed by atoms with Gasteiger partial charge < -0.3 is 10.6 Å². The van der Waals surface area contributed by atoms with Gasteiger partial charge in [0.25, 0.3) is 5.56 Å². The molecule has 4 aromatic heterocycles. The maximum Gasteiger partial charge on any atom is 0.255 e. The molecule has 158 valence electrons. The van der Waals surface area contributed by atoms with Crippen LogP contribution in [0, 0.1) is 11.6 Å². The van der Waals surface area contributed by atoms with E-state index in [1.54, 1.807) is 18.3 Å². The van der Waals surface area contributed by atoms with Crippen molar-refractivity contribution >= 4 is 17.4 Å². The van der Waals surface area contributed by atoms with Crippen molar-refractivity contribution in [1.29, 1.82) is 0 Å². The Morgan fingerprint density at radius 3 is 2.68 bits per heavy atom. The summed E-state index contributed by atoms with van der Waals surface area (Å²) < 4.78 is 30.8. The highest BCUT2D eigenvalue weighted by Gasteiger charge is 2.26. The molecule has 8 nitrogen and oxygen atoms in total. The minimum absolute atomic E-state index is 0.0271. The van der Waals surface area contributed by atoms with Crippen LogP contribution in [0.15, 0.2) is 59.8 Å². The van der Waals surface area contributed by atoms with E-state index >= 15 is 0 Å². The zero-order valence-electron chi connectivity index (χ0n) is 16.4. The van der Waals surface area contributed by atoms with Crippen LogP contribution in [0.5, 0.6) is 0 Å². The van der Waals surface area contributed by atoms with Gasteiger partial charge in [-0.2, -0.15) is 4.98 Å². The molecule has 2 N–H and O–H groups in total. The zero-order chi connectivity index (χ0) is 21.4. The summed E-state index contributed by atoms with van der Waals surface area (Å²) in [6, 6.07) is 8.80.